The van der Waals surface area contributed by atoms with E-state index < -0.39 is 11.1 Å². The Balaban J connectivity index is 1.76. The third-order valence-electron chi connectivity index (χ3n) is 4.08. The van der Waals surface area contributed by atoms with Crippen molar-refractivity contribution in [2.45, 2.75) is 26.4 Å². The topological polar surface area (TPSA) is 86.2 Å². The van der Waals surface area contributed by atoms with E-state index in [1.54, 1.807) is 37.4 Å². The molecule has 7 heteroatoms. The van der Waals surface area contributed by atoms with Gasteiger partial charge in [0.25, 0.3) is 0 Å². The molecule has 25 heavy (non-hydrogen) atoms. The zero-order valence-corrected chi connectivity index (χ0v) is 14.1. The largest absolute Gasteiger partial charge is 0.465 e. The van der Waals surface area contributed by atoms with E-state index in [0.717, 1.165) is 5.76 Å². The Bertz CT molecular complexity index is 1040. The Labute approximate surface area is 143 Å². The van der Waals surface area contributed by atoms with E-state index >= 15 is 0 Å². The van der Waals surface area contributed by atoms with Crippen LogP contribution in [0.4, 0.5) is 0 Å². The third-order valence-corrected chi connectivity index (χ3v) is 4.08. The van der Waals surface area contributed by atoms with Crippen molar-refractivity contribution >= 4 is 16.9 Å². The number of hydrogen-bond donors (Lipinski definition) is 1. The lowest BCUT2D eigenvalue weighted by molar-refractivity contribution is -0.121. The van der Waals surface area contributed by atoms with Crippen molar-refractivity contribution in [3.05, 3.63) is 68.6 Å². The van der Waals surface area contributed by atoms with Crippen LogP contribution in [0.2, 0.25) is 0 Å². The van der Waals surface area contributed by atoms with E-state index in [9.17, 15) is 14.4 Å². The van der Waals surface area contributed by atoms with Crippen molar-refractivity contribution in [2.75, 3.05) is 0 Å². The molecule has 3 aromatic rings. The van der Waals surface area contributed by atoms with Gasteiger partial charge in [-0.15, -0.1) is 0 Å². The lowest BCUT2D eigenvalue weighted by Gasteiger charge is -2.12. The molecular formula is C18H19N3O4. The van der Waals surface area contributed by atoms with Gasteiger partial charge in [0.2, 0.25) is 5.91 Å². The van der Waals surface area contributed by atoms with Crippen molar-refractivity contribution in [3.8, 4) is 0 Å². The Morgan fingerprint density at radius 3 is 2.48 bits per heavy atom. The highest BCUT2D eigenvalue weighted by Gasteiger charge is 2.12. The number of benzene rings is 1. The lowest BCUT2D eigenvalue weighted by Crippen LogP contribution is -2.41. The fraction of sp³-hybridized carbons (Fsp3) is 0.278. The number of rotatable bonds is 5. The highest BCUT2D eigenvalue weighted by atomic mass is 16.3. The highest BCUT2D eigenvalue weighted by molar-refractivity contribution is 5.77. The third kappa shape index (κ3) is 3.40. The monoisotopic (exact) mass is 341 g/mol. The summed E-state index contributed by atoms with van der Waals surface area (Å²) in [4.78, 5) is 36.4. The van der Waals surface area contributed by atoms with Crippen LogP contribution in [0.1, 0.15) is 17.9 Å². The smallest absolute Gasteiger partial charge is 0.316 e. The number of hydrogen-bond acceptors (Lipinski definition) is 4. The fourth-order valence-electron chi connectivity index (χ4n) is 2.74. The molecule has 0 spiro atoms. The summed E-state index contributed by atoms with van der Waals surface area (Å²) in [5, 5.41) is 2.74. The number of fused-ring (bicyclic) bond motifs is 1. The second kappa shape index (κ2) is 6.80. The van der Waals surface area contributed by atoms with Gasteiger partial charge in [-0.25, -0.2) is 0 Å². The Morgan fingerprint density at radius 1 is 1.08 bits per heavy atom. The van der Waals surface area contributed by atoms with Crippen LogP contribution in [0, 0.1) is 6.92 Å². The second-order valence-corrected chi connectivity index (χ2v) is 5.85. The minimum absolute atomic E-state index is 0.0940. The van der Waals surface area contributed by atoms with Gasteiger partial charge in [0.15, 0.2) is 0 Å². The Kier molecular flexibility index (Phi) is 4.56. The van der Waals surface area contributed by atoms with Crippen molar-refractivity contribution < 1.29 is 9.21 Å². The van der Waals surface area contributed by atoms with Crippen LogP contribution >= 0.6 is 0 Å². The molecule has 0 saturated heterocycles. The number of aryl methyl sites for hydroxylation is 3. The first kappa shape index (κ1) is 16.8. The quantitative estimate of drug-likeness (QED) is 0.709. The number of carbonyl (C=O) groups excluding carboxylic acids is 1. The summed E-state index contributed by atoms with van der Waals surface area (Å²) >= 11 is 0. The van der Waals surface area contributed by atoms with E-state index in [0.29, 0.717) is 23.3 Å². The summed E-state index contributed by atoms with van der Waals surface area (Å²) in [5.74, 6) is 1.23. The normalized spacial score (nSPS) is 11.0. The van der Waals surface area contributed by atoms with Crippen molar-refractivity contribution in [3.63, 3.8) is 0 Å². The van der Waals surface area contributed by atoms with E-state index in [2.05, 4.69) is 5.32 Å². The first-order chi connectivity index (χ1) is 12.0. The number of nitrogens with one attached hydrogen (secondary N) is 1. The van der Waals surface area contributed by atoms with Gasteiger partial charge in [-0.2, -0.15) is 0 Å². The van der Waals surface area contributed by atoms with Gasteiger partial charge in [-0.05, 0) is 31.2 Å². The summed E-state index contributed by atoms with van der Waals surface area (Å²) < 4.78 is 8.07. The molecule has 2 heterocycles. The minimum atomic E-state index is -0.629. The number of amides is 1. The number of carbonyl (C=O) groups is 1. The molecule has 3 rings (SSSR count). The first-order valence-electron chi connectivity index (χ1n) is 7.98. The molecule has 0 aliphatic heterocycles. The zero-order chi connectivity index (χ0) is 18.0. The van der Waals surface area contributed by atoms with Gasteiger partial charge >= 0.3 is 11.1 Å². The van der Waals surface area contributed by atoms with E-state index in [1.165, 1.54) is 9.13 Å². The van der Waals surface area contributed by atoms with Gasteiger partial charge in [-0.3, -0.25) is 14.4 Å². The maximum absolute atomic E-state index is 12.3. The number of furan rings is 1. The predicted octanol–water partition coefficient (Wildman–Crippen LogP) is 1.31. The van der Waals surface area contributed by atoms with Crippen LogP contribution in [-0.4, -0.2) is 15.0 Å². The van der Waals surface area contributed by atoms with Crippen LogP contribution in [-0.2, 0) is 24.9 Å². The molecule has 0 atom stereocenters. The second-order valence-electron chi connectivity index (χ2n) is 5.85. The van der Waals surface area contributed by atoms with Gasteiger partial charge in [0.1, 0.15) is 11.5 Å². The molecule has 0 aliphatic rings. The maximum Gasteiger partial charge on any atom is 0.316 e. The van der Waals surface area contributed by atoms with Crippen molar-refractivity contribution in [1.82, 2.24) is 14.5 Å². The molecule has 130 valence electrons. The summed E-state index contributed by atoms with van der Waals surface area (Å²) in [6.45, 7) is 2.26. The van der Waals surface area contributed by atoms with Crippen LogP contribution in [0.25, 0.3) is 11.0 Å². The molecule has 0 radical (unpaired) electrons. The van der Waals surface area contributed by atoms with Crippen molar-refractivity contribution in [1.29, 1.82) is 0 Å². The number of para-hydroxylation sites is 2. The molecule has 0 saturated carbocycles. The average molecular weight is 341 g/mol. The number of aromatic nitrogens is 2. The van der Waals surface area contributed by atoms with E-state index in [1.807, 2.05) is 13.0 Å². The van der Waals surface area contributed by atoms with Gasteiger partial charge in [0, 0.05) is 20.0 Å². The van der Waals surface area contributed by atoms with Crippen LogP contribution in [0.15, 0.2) is 50.4 Å². The first-order valence-corrected chi connectivity index (χ1v) is 7.98. The summed E-state index contributed by atoms with van der Waals surface area (Å²) in [6.07, 6.45) is 0.0940. The molecule has 1 aromatic carbocycles. The maximum atomic E-state index is 12.3. The average Bonchev–Trinajstić information content (AvgIpc) is 3.03. The molecule has 0 fully saturated rings. The highest BCUT2D eigenvalue weighted by Crippen LogP contribution is 2.10. The molecular weight excluding hydrogens is 322 g/mol. The fourth-order valence-corrected chi connectivity index (χ4v) is 2.74. The van der Waals surface area contributed by atoms with Crippen molar-refractivity contribution in [2.24, 2.45) is 7.05 Å². The molecule has 1 N–H and O–H groups in total. The summed E-state index contributed by atoms with van der Waals surface area (Å²) in [5.41, 5.74) is 0.0449. The van der Waals surface area contributed by atoms with Gasteiger partial charge < -0.3 is 18.9 Å². The molecule has 0 unspecified atom stereocenters. The van der Waals surface area contributed by atoms with Crippen LogP contribution in [0.5, 0.6) is 0 Å². The Morgan fingerprint density at radius 2 is 1.80 bits per heavy atom. The van der Waals surface area contributed by atoms with Crippen LogP contribution < -0.4 is 16.4 Å². The number of nitrogens with zero attached hydrogens (tertiary/aromatic N) is 2. The zero-order valence-electron chi connectivity index (χ0n) is 14.1. The van der Waals surface area contributed by atoms with E-state index in [4.69, 9.17) is 4.42 Å². The molecule has 7 nitrogen and oxygen atoms in total. The van der Waals surface area contributed by atoms with Gasteiger partial charge in [-0.1, -0.05) is 12.1 Å². The minimum Gasteiger partial charge on any atom is -0.465 e. The summed E-state index contributed by atoms with van der Waals surface area (Å²) in [7, 11) is 1.56. The molecule has 0 bridgehead atoms. The summed E-state index contributed by atoms with van der Waals surface area (Å²) in [6, 6.07) is 10.8. The molecule has 0 aliphatic carbocycles. The lowest BCUT2D eigenvalue weighted by atomic mass is 10.2. The van der Waals surface area contributed by atoms with E-state index in [-0.39, 0.29) is 18.9 Å². The molecule has 2 aromatic heterocycles. The van der Waals surface area contributed by atoms with Gasteiger partial charge in [0.05, 0.1) is 17.6 Å². The molecule has 1 amide bonds. The Hall–Kier alpha value is -3.09. The SMILES string of the molecule is Cc1ccc(CNC(=O)CCn2c(=O)c(=O)n(C)c3ccccc32)o1. The van der Waals surface area contributed by atoms with Crippen LogP contribution in [0.3, 0.4) is 0 Å². The predicted molar refractivity (Wildman–Crippen MR) is 93.4 cm³/mol. The standard InChI is InChI=1S/C18H19N3O4/c1-12-7-8-13(25-12)11-19-16(22)9-10-21-15-6-4-3-5-14(15)20(2)17(23)18(21)24/h3-8H,9-11H2,1-2H3,(H,19,22).